The van der Waals surface area contributed by atoms with Crippen LogP contribution in [0.25, 0.3) is 0 Å². The number of hydrogen-bond acceptors (Lipinski definition) is 2. The largest absolute Gasteiger partial charge is 0.425 e. The molecule has 0 bridgehead atoms. The van der Waals surface area contributed by atoms with E-state index < -0.39 is 6.02 Å². The predicted molar refractivity (Wildman–Crippen MR) is 37.9 cm³/mol. The van der Waals surface area contributed by atoms with Gasteiger partial charge in [-0.15, -0.1) is 0 Å². The topological polar surface area (TPSA) is 56.9 Å². The average Bonchev–Trinajstić information content (AvgIpc) is 1.88. The monoisotopic (exact) mass is 135 g/mol. The molecule has 1 radical (unpaired) electrons. The summed E-state index contributed by atoms with van der Waals surface area (Å²) in [6.07, 6.45) is 0. The normalized spacial score (nSPS) is 8.80. The minimum absolute atomic E-state index is 0.530. The molecule has 3 heteroatoms. The van der Waals surface area contributed by atoms with Crippen molar-refractivity contribution < 1.29 is 4.74 Å². The molecule has 0 aliphatic carbocycles. The van der Waals surface area contributed by atoms with E-state index in [0.29, 0.717) is 5.75 Å². The molecule has 0 unspecified atom stereocenters. The van der Waals surface area contributed by atoms with Crippen molar-refractivity contribution in [2.45, 2.75) is 0 Å². The van der Waals surface area contributed by atoms with Crippen molar-refractivity contribution in [1.82, 2.24) is 5.73 Å². The summed E-state index contributed by atoms with van der Waals surface area (Å²) in [6, 6.07) is 8.29. The summed E-state index contributed by atoms with van der Waals surface area (Å²) in [4.78, 5) is 0. The molecule has 0 heterocycles. The van der Waals surface area contributed by atoms with Gasteiger partial charge in [0.05, 0.1) is 0 Å². The Balaban J connectivity index is 2.67. The minimum Gasteiger partial charge on any atom is -0.425 e. The standard InChI is InChI=1S/C7H7N2O/c8-7(9)10-6-4-2-1-3-5-6/h1-5,8-9H. The van der Waals surface area contributed by atoms with E-state index in [1.54, 1.807) is 24.3 Å². The Morgan fingerprint density at radius 1 is 1.20 bits per heavy atom. The zero-order valence-electron chi connectivity index (χ0n) is 5.29. The lowest BCUT2D eigenvalue weighted by Crippen LogP contribution is -2.06. The van der Waals surface area contributed by atoms with Gasteiger partial charge in [-0.3, -0.25) is 0 Å². The third kappa shape index (κ3) is 1.78. The fraction of sp³-hybridized carbons (Fsp3) is 0. The van der Waals surface area contributed by atoms with Crippen LogP contribution in [0.15, 0.2) is 30.3 Å². The summed E-state index contributed by atoms with van der Waals surface area (Å²) >= 11 is 0. The summed E-state index contributed by atoms with van der Waals surface area (Å²) in [5.41, 5.74) is 6.68. The van der Waals surface area contributed by atoms with Gasteiger partial charge in [-0.05, 0) is 12.1 Å². The van der Waals surface area contributed by atoms with Crippen molar-refractivity contribution in [1.29, 1.82) is 5.41 Å². The molecule has 1 aromatic rings. The maximum absolute atomic E-state index is 6.68. The van der Waals surface area contributed by atoms with Gasteiger partial charge in [0.15, 0.2) is 0 Å². The van der Waals surface area contributed by atoms with Crippen LogP contribution in [0.3, 0.4) is 0 Å². The lowest BCUT2D eigenvalue weighted by molar-refractivity contribution is 0.534. The molecular formula is C7H7N2O. The number of nitrogens with one attached hydrogen (secondary N) is 2. The van der Waals surface area contributed by atoms with Gasteiger partial charge in [0.25, 0.3) is 0 Å². The van der Waals surface area contributed by atoms with Gasteiger partial charge in [-0.2, -0.15) is 0 Å². The number of benzene rings is 1. The van der Waals surface area contributed by atoms with Gasteiger partial charge in [-0.25, -0.2) is 11.1 Å². The molecule has 0 amide bonds. The van der Waals surface area contributed by atoms with Crippen LogP contribution in [0, 0.1) is 5.41 Å². The van der Waals surface area contributed by atoms with E-state index >= 15 is 0 Å². The van der Waals surface area contributed by atoms with Gasteiger partial charge in [0.2, 0.25) is 0 Å². The molecule has 0 saturated heterocycles. The van der Waals surface area contributed by atoms with Crippen LogP contribution in [-0.2, 0) is 0 Å². The lowest BCUT2D eigenvalue weighted by atomic mass is 10.3. The number of rotatable bonds is 1. The molecule has 1 rings (SSSR count). The first-order valence-corrected chi connectivity index (χ1v) is 2.82. The molecule has 0 atom stereocenters. The Kier molecular flexibility index (Phi) is 1.89. The summed E-state index contributed by atoms with van der Waals surface area (Å²) in [7, 11) is 0. The smallest absolute Gasteiger partial charge is 0.306 e. The molecular weight excluding hydrogens is 128 g/mol. The van der Waals surface area contributed by atoms with E-state index in [4.69, 9.17) is 11.1 Å². The predicted octanol–water partition coefficient (Wildman–Crippen LogP) is 1.28. The van der Waals surface area contributed by atoms with Crippen molar-refractivity contribution in [2.75, 3.05) is 0 Å². The SMILES string of the molecule is [NH]C(=N)Oc1ccccc1. The third-order valence-electron chi connectivity index (χ3n) is 0.963. The molecule has 51 valence electrons. The first-order chi connectivity index (χ1) is 4.79. The Labute approximate surface area is 58.9 Å². The summed E-state index contributed by atoms with van der Waals surface area (Å²) in [5, 5.41) is 6.68. The van der Waals surface area contributed by atoms with Crippen molar-refractivity contribution >= 4 is 6.02 Å². The Hall–Kier alpha value is -1.51. The highest BCUT2D eigenvalue weighted by Gasteiger charge is 1.91. The van der Waals surface area contributed by atoms with Crippen molar-refractivity contribution in [3.05, 3.63) is 30.3 Å². The van der Waals surface area contributed by atoms with Crippen LogP contribution in [0.1, 0.15) is 0 Å². The lowest BCUT2D eigenvalue weighted by Gasteiger charge is -1.98. The number of hydrogen-bond donors (Lipinski definition) is 1. The Bertz CT molecular complexity index is 220. The quantitative estimate of drug-likeness (QED) is 0.457. The maximum atomic E-state index is 6.68. The molecule has 0 aromatic heterocycles. The molecule has 0 fully saturated rings. The molecule has 0 saturated carbocycles. The molecule has 0 aliphatic rings. The van der Waals surface area contributed by atoms with Gasteiger partial charge in [0.1, 0.15) is 5.75 Å². The highest BCUT2D eigenvalue weighted by atomic mass is 16.5. The first kappa shape index (κ1) is 6.61. The zero-order chi connectivity index (χ0) is 7.40. The molecule has 2 N–H and O–H groups in total. The molecule has 0 spiro atoms. The van der Waals surface area contributed by atoms with Crippen molar-refractivity contribution in [3.63, 3.8) is 0 Å². The second-order valence-electron chi connectivity index (χ2n) is 1.74. The highest BCUT2D eigenvalue weighted by molar-refractivity contribution is 5.69. The van der Waals surface area contributed by atoms with Gasteiger partial charge < -0.3 is 4.74 Å². The van der Waals surface area contributed by atoms with E-state index in [-0.39, 0.29) is 0 Å². The second kappa shape index (κ2) is 2.87. The minimum atomic E-state index is -0.536. The van der Waals surface area contributed by atoms with Crippen LogP contribution < -0.4 is 10.5 Å². The number of para-hydroxylation sites is 1. The number of ether oxygens (including phenoxy) is 1. The highest BCUT2D eigenvalue weighted by Crippen LogP contribution is 2.07. The van der Waals surface area contributed by atoms with Gasteiger partial charge >= 0.3 is 6.02 Å². The molecule has 1 aromatic carbocycles. The summed E-state index contributed by atoms with van der Waals surface area (Å²) in [6.45, 7) is 0. The molecule has 3 nitrogen and oxygen atoms in total. The first-order valence-electron chi connectivity index (χ1n) is 2.82. The van der Waals surface area contributed by atoms with Crippen molar-refractivity contribution in [2.24, 2.45) is 0 Å². The van der Waals surface area contributed by atoms with E-state index in [1.165, 1.54) is 0 Å². The second-order valence-corrected chi connectivity index (χ2v) is 1.74. The molecule has 0 aliphatic heterocycles. The van der Waals surface area contributed by atoms with Crippen LogP contribution in [0.5, 0.6) is 5.75 Å². The van der Waals surface area contributed by atoms with Crippen LogP contribution in [-0.4, -0.2) is 6.02 Å². The van der Waals surface area contributed by atoms with E-state index in [0.717, 1.165) is 0 Å². The Morgan fingerprint density at radius 3 is 2.30 bits per heavy atom. The zero-order valence-corrected chi connectivity index (χ0v) is 5.29. The van der Waals surface area contributed by atoms with Crippen LogP contribution >= 0.6 is 0 Å². The maximum Gasteiger partial charge on any atom is 0.306 e. The van der Waals surface area contributed by atoms with Crippen molar-refractivity contribution in [3.8, 4) is 5.75 Å². The summed E-state index contributed by atoms with van der Waals surface area (Å²) in [5.74, 6) is 0.530. The van der Waals surface area contributed by atoms with Crippen LogP contribution in [0.2, 0.25) is 0 Å². The Morgan fingerprint density at radius 2 is 1.80 bits per heavy atom. The average molecular weight is 135 g/mol. The fourth-order valence-corrected chi connectivity index (χ4v) is 0.606. The van der Waals surface area contributed by atoms with Gasteiger partial charge in [-0.1, -0.05) is 18.2 Å². The van der Waals surface area contributed by atoms with E-state index in [9.17, 15) is 0 Å². The van der Waals surface area contributed by atoms with E-state index in [1.807, 2.05) is 6.07 Å². The molecule has 10 heavy (non-hydrogen) atoms. The van der Waals surface area contributed by atoms with E-state index in [2.05, 4.69) is 4.74 Å². The fourth-order valence-electron chi connectivity index (χ4n) is 0.606. The van der Waals surface area contributed by atoms with Gasteiger partial charge in [0, 0.05) is 0 Å². The van der Waals surface area contributed by atoms with Crippen LogP contribution in [0.4, 0.5) is 0 Å². The summed E-state index contributed by atoms with van der Waals surface area (Å²) < 4.78 is 4.66. The third-order valence-corrected chi connectivity index (χ3v) is 0.963. The number of amidine groups is 1.